The van der Waals surface area contributed by atoms with E-state index < -0.39 is 16.1 Å². The van der Waals surface area contributed by atoms with Crippen LogP contribution in [0.2, 0.25) is 0 Å². The molecule has 4 nitrogen and oxygen atoms in total. The molecule has 0 aliphatic heterocycles. The van der Waals surface area contributed by atoms with E-state index in [0.29, 0.717) is 6.42 Å². The van der Waals surface area contributed by atoms with Crippen molar-refractivity contribution in [3.8, 4) is 0 Å². The van der Waals surface area contributed by atoms with Crippen LogP contribution in [0.4, 0.5) is 0 Å². The average Bonchev–Trinajstić information content (AvgIpc) is 3.19. The molecule has 2 aliphatic rings. The minimum atomic E-state index is -3.64. The minimum absolute atomic E-state index is 0.257. The molecule has 0 spiro atoms. The van der Waals surface area contributed by atoms with E-state index in [-0.39, 0.29) is 4.90 Å². The minimum Gasteiger partial charge on any atom is -0.388 e. The Kier molecular flexibility index (Phi) is 3.78. The third-order valence-electron chi connectivity index (χ3n) is 4.74. The van der Waals surface area contributed by atoms with Crippen LogP contribution in [0.1, 0.15) is 23.1 Å². The van der Waals surface area contributed by atoms with Crippen molar-refractivity contribution in [2.24, 2.45) is 0 Å². The molecule has 0 amide bonds. The van der Waals surface area contributed by atoms with Crippen molar-refractivity contribution in [1.29, 1.82) is 0 Å². The first-order valence-corrected chi connectivity index (χ1v) is 9.69. The zero-order chi connectivity index (χ0) is 17.6. The summed E-state index contributed by atoms with van der Waals surface area (Å²) in [7, 11) is -3.64. The fourth-order valence-corrected chi connectivity index (χ4v) is 4.56. The highest BCUT2D eigenvalue weighted by molar-refractivity contribution is 7.90. The number of aliphatic hydroxyl groups excluding tert-OH is 1. The second kappa shape index (κ2) is 5.86. The van der Waals surface area contributed by atoms with Crippen molar-refractivity contribution in [3.63, 3.8) is 0 Å². The van der Waals surface area contributed by atoms with Gasteiger partial charge < -0.3 is 5.11 Å². The summed E-state index contributed by atoms with van der Waals surface area (Å²) in [6.45, 7) is 1.92. The van der Waals surface area contributed by atoms with Gasteiger partial charge in [-0.1, -0.05) is 42.0 Å². The maximum atomic E-state index is 12.9. The molecule has 1 atom stereocenters. The Hall–Kier alpha value is -2.37. The van der Waals surface area contributed by atoms with Gasteiger partial charge in [0.15, 0.2) is 0 Å². The third kappa shape index (κ3) is 2.79. The standard InChI is InChI=1S/C20H19NO3S/c1-14-5-9-18(10-6-14)25(23,24)21-12-16-8-7-15-3-2-4-19(15)20(22)11-17(16)13-21/h3-10,12-13,20,22H,2,11H2,1H3/b8-7-. The molecule has 25 heavy (non-hydrogen) atoms. The van der Waals surface area contributed by atoms with E-state index in [1.165, 1.54) is 3.97 Å². The van der Waals surface area contributed by atoms with Crippen LogP contribution < -0.4 is 0 Å². The van der Waals surface area contributed by atoms with E-state index in [1.54, 1.807) is 36.7 Å². The Labute approximate surface area is 147 Å². The van der Waals surface area contributed by atoms with Crippen molar-refractivity contribution in [1.82, 2.24) is 3.97 Å². The van der Waals surface area contributed by atoms with Crippen LogP contribution in [-0.2, 0) is 16.4 Å². The van der Waals surface area contributed by atoms with Gasteiger partial charge in [-0.15, -0.1) is 0 Å². The van der Waals surface area contributed by atoms with Gasteiger partial charge in [0, 0.05) is 18.8 Å². The van der Waals surface area contributed by atoms with E-state index >= 15 is 0 Å². The maximum absolute atomic E-state index is 12.9. The first kappa shape index (κ1) is 16.1. The molecule has 1 unspecified atom stereocenters. The van der Waals surface area contributed by atoms with Crippen LogP contribution in [0, 0.1) is 6.92 Å². The summed E-state index contributed by atoms with van der Waals surface area (Å²) >= 11 is 0. The number of rotatable bonds is 2. The fourth-order valence-electron chi connectivity index (χ4n) is 3.32. The van der Waals surface area contributed by atoms with E-state index in [2.05, 4.69) is 6.08 Å². The average molecular weight is 353 g/mol. The summed E-state index contributed by atoms with van der Waals surface area (Å²) < 4.78 is 27.0. The van der Waals surface area contributed by atoms with E-state index in [1.807, 2.05) is 25.2 Å². The smallest absolute Gasteiger partial charge is 0.267 e. The number of fused-ring (bicyclic) bond motifs is 2. The normalized spacial score (nSPS) is 20.8. The summed E-state index contributed by atoms with van der Waals surface area (Å²) in [5.41, 5.74) is 4.61. The number of nitrogens with zero attached hydrogens (tertiary/aromatic N) is 1. The predicted octanol–water partition coefficient (Wildman–Crippen LogP) is 3.22. The molecule has 2 aromatic rings. The highest BCUT2D eigenvalue weighted by Gasteiger charge is 2.24. The second-order valence-corrected chi connectivity index (χ2v) is 8.34. The second-order valence-electron chi connectivity index (χ2n) is 6.49. The number of benzene rings is 1. The molecule has 0 fully saturated rings. The molecule has 0 saturated carbocycles. The molecule has 1 aromatic carbocycles. The molecule has 0 radical (unpaired) electrons. The van der Waals surface area contributed by atoms with E-state index in [4.69, 9.17) is 0 Å². The van der Waals surface area contributed by atoms with Gasteiger partial charge in [-0.05, 0) is 47.8 Å². The van der Waals surface area contributed by atoms with E-state index in [9.17, 15) is 13.5 Å². The largest absolute Gasteiger partial charge is 0.388 e. The SMILES string of the molecule is Cc1ccc(S(=O)(=O)n2cc3c(c2)CC(O)C2=CCC=C2/C=C\3)cc1. The summed E-state index contributed by atoms with van der Waals surface area (Å²) in [4.78, 5) is 0.257. The van der Waals surface area contributed by atoms with Crippen molar-refractivity contribution in [3.05, 3.63) is 82.7 Å². The number of aromatic nitrogens is 1. The fraction of sp³-hybridized carbons (Fsp3) is 0.200. The monoisotopic (exact) mass is 353 g/mol. The first-order chi connectivity index (χ1) is 11.9. The number of aliphatic hydroxyl groups is 1. The summed E-state index contributed by atoms with van der Waals surface area (Å²) in [5.74, 6) is 0. The van der Waals surface area contributed by atoms with Crippen LogP contribution in [0.3, 0.4) is 0 Å². The van der Waals surface area contributed by atoms with Gasteiger partial charge in [0.2, 0.25) is 0 Å². The number of hydrogen-bond donors (Lipinski definition) is 1. The van der Waals surface area contributed by atoms with Crippen molar-refractivity contribution in [2.75, 3.05) is 0 Å². The molecule has 1 aromatic heterocycles. The Morgan fingerprint density at radius 1 is 1.08 bits per heavy atom. The highest BCUT2D eigenvalue weighted by Crippen LogP contribution is 2.31. The highest BCUT2D eigenvalue weighted by atomic mass is 32.2. The van der Waals surface area contributed by atoms with Crippen LogP contribution in [-0.4, -0.2) is 23.6 Å². The Balaban J connectivity index is 1.77. The molecule has 0 saturated heterocycles. The van der Waals surface area contributed by atoms with E-state index in [0.717, 1.165) is 34.3 Å². The Morgan fingerprint density at radius 3 is 2.60 bits per heavy atom. The van der Waals surface area contributed by atoms with Gasteiger partial charge in [-0.3, -0.25) is 0 Å². The van der Waals surface area contributed by atoms with Gasteiger partial charge >= 0.3 is 0 Å². The molecule has 4 rings (SSSR count). The predicted molar refractivity (Wildman–Crippen MR) is 97.7 cm³/mol. The van der Waals surface area contributed by atoms with Gasteiger partial charge in [0.05, 0.1) is 11.0 Å². The molecule has 1 heterocycles. The molecular formula is C20H19NO3S. The lowest BCUT2D eigenvalue weighted by Gasteiger charge is -2.16. The topological polar surface area (TPSA) is 59.3 Å². The lowest BCUT2D eigenvalue weighted by Crippen LogP contribution is -2.15. The van der Waals surface area contributed by atoms with Crippen molar-refractivity contribution in [2.45, 2.75) is 30.8 Å². The van der Waals surface area contributed by atoms with Crippen molar-refractivity contribution >= 4 is 16.1 Å². The number of hydrogen-bond acceptors (Lipinski definition) is 3. The summed E-state index contributed by atoms with van der Waals surface area (Å²) in [5, 5.41) is 10.5. The summed E-state index contributed by atoms with van der Waals surface area (Å²) in [6.07, 6.45) is 11.8. The quantitative estimate of drug-likeness (QED) is 0.902. The van der Waals surface area contributed by atoms with Gasteiger partial charge in [0.1, 0.15) is 0 Å². The first-order valence-electron chi connectivity index (χ1n) is 8.25. The van der Waals surface area contributed by atoms with Crippen LogP contribution >= 0.6 is 0 Å². The lowest BCUT2D eigenvalue weighted by atomic mass is 9.93. The zero-order valence-electron chi connectivity index (χ0n) is 13.9. The third-order valence-corrected chi connectivity index (χ3v) is 6.37. The number of aryl methyl sites for hydroxylation is 1. The Morgan fingerprint density at radius 2 is 1.84 bits per heavy atom. The lowest BCUT2D eigenvalue weighted by molar-refractivity contribution is 0.214. The van der Waals surface area contributed by atoms with Crippen molar-refractivity contribution < 1.29 is 13.5 Å². The zero-order valence-corrected chi connectivity index (χ0v) is 14.7. The van der Waals surface area contributed by atoms with Gasteiger partial charge in [-0.2, -0.15) is 0 Å². The van der Waals surface area contributed by atoms with Gasteiger partial charge in [0.25, 0.3) is 10.0 Å². The maximum Gasteiger partial charge on any atom is 0.267 e. The molecular weight excluding hydrogens is 334 g/mol. The van der Waals surface area contributed by atoms with Gasteiger partial charge in [-0.25, -0.2) is 12.4 Å². The summed E-state index contributed by atoms with van der Waals surface area (Å²) in [6, 6.07) is 6.81. The van der Waals surface area contributed by atoms with Crippen LogP contribution in [0.15, 0.2) is 70.9 Å². The molecule has 0 bridgehead atoms. The van der Waals surface area contributed by atoms with Crippen LogP contribution in [0.25, 0.3) is 6.08 Å². The molecule has 1 N–H and O–H groups in total. The number of allylic oxidation sites excluding steroid dienone is 3. The Bertz CT molecular complexity index is 1020. The molecule has 5 heteroatoms. The molecule has 128 valence electrons. The van der Waals surface area contributed by atoms with Crippen LogP contribution in [0.5, 0.6) is 0 Å². The molecule has 2 aliphatic carbocycles.